The number of benzene rings is 1. The number of ether oxygens (including phenoxy) is 2. The Bertz CT molecular complexity index is 391. The molecule has 0 unspecified atom stereocenters. The smallest absolute Gasteiger partial charge is 0.0716 e. The first-order valence-corrected chi connectivity index (χ1v) is 8.36. The third-order valence-electron chi connectivity index (χ3n) is 4.31. The largest absolute Gasteiger partial charge is 0.383 e. The van der Waals surface area contributed by atoms with Gasteiger partial charge in [-0.1, -0.05) is 30.3 Å². The van der Waals surface area contributed by atoms with Crippen molar-refractivity contribution in [2.24, 2.45) is 0 Å². The fraction of sp³-hybridized carbons (Fsp3) is 0.667. The summed E-state index contributed by atoms with van der Waals surface area (Å²) < 4.78 is 11.0. The van der Waals surface area contributed by atoms with Crippen molar-refractivity contribution < 1.29 is 9.47 Å². The molecule has 124 valence electrons. The molecule has 4 heteroatoms. The Kier molecular flexibility index (Phi) is 7.88. The van der Waals surface area contributed by atoms with E-state index in [0.717, 1.165) is 59.0 Å². The molecule has 1 aromatic rings. The molecule has 1 aliphatic heterocycles. The second-order valence-corrected chi connectivity index (χ2v) is 6.07. The van der Waals surface area contributed by atoms with Crippen LogP contribution >= 0.6 is 0 Å². The summed E-state index contributed by atoms with van der Waals surface area (Å²) in [7, 11) is 1.78. The predicted octanol–water partition coefficient (Wildman–Crippen LogP) is 2.25. The summed E-state index contributed by atoms with van der Waals surface area (Å²) in [5, 5.41) is 0. The lowest BCUT2D eigenvalue weighted by Crippen LogP contribution is -2.50. The minimum atomic E-state index is 0.529. The van der Waals surface area contributed by atoms with Crippen LogP contribution in [0.1, 0.15) is 18.9 Å². The molecule has 1 heterocycles. The van der Waals surface area contributed by atoms with Gasteiger partial charge in [0.1, 0.15) is 0 Å². The van der Waals surface area contributed by atoms with Crippen molar-refractivity contribution >= 4 is 0 Å². The maximum atomic E-state index is 5.75. The summed E-state index contributed by atoms with van der Waals surface area (Å²) in [6.45, 7) is 10.4. The Balaban J connectivity index is 1.52. The van der Waals surface area contributed by atoms with Gasteiger partial charge in [-0.3, -0.25) is 4.90 Å². The SMILES string of the molecule is COC[C@H](C)N1CCN(CCCOCc2ccccc2)CC1. The van der Waals surface area contributed by atoms with E-state index >= 15 is 0 Å². The maximum absolute atomic E-state index is 5.75. The topological polar surface area (TPSA) is 24.9 Å². The molecule has 0 aliphatic carbocycles. The van der Waals surface area contributed by atoms with Gasteiger partial charge in [0.2, 0.25) is 0 Å². The van der Waals surface area contributed by atoms with Crippen molar-refractivity contribution in [2.45, 2.75) is 26.0 Å². The van der Waals surface area contributed by atoms with Crippen LogP contribution in [0, 0.1) is 0 Å². The second kappa shape index (κ2) is 9.95. The van der Waals surface area contributed by atoms with Crippen molar-refractivity contribution in [1.82, 2.24) is 9.80 Å². The van der Waals surface area contributed by atoms with Crippen LogP contribution in [0.5, 0.6) is 0 Å². The Labute approximate surface area is 135 Å². The lowest BCUT2D eigenvalue weighted by Gasteiger charge is -2.37. The van der Waals surface area contributed by atoms with E-state index in [2.05, 4.69) is 41.0 Å². The Hall–Kier alpha value is -0.940. The average molecular weight is 306 g/mol. The number of hydrogen-bond donors (Lipinski definition) is 0. The molecular weight excluding hydrogens is 276 g/mol. The summed E-state index contributed by atoms with van der Waals surface area (Å²) in [4.78, 5) is 5.06. The van der Waals surface area contributed by atoms with Gasteiger partial charge in [-0.25, -0.2) is 0 Å². The number of methoxy groups -OCH3 is 1. The molecule has 1 fully saturated rings. The molecule has 1 aromatic carbocycles. The molecule has 22 heavy (non-hydrogen) atoms. The summed E-state index contributed by atoms with van der Waals surface area (Å²) in [6.07, 6.45) is 1.11. The minimum absolute atomic E-state index is 0.529. The monoisotopic (exact) mass is 306 g/mol. The molecule has 0 spiro atoms. The first kappa shape index (κ1) is 17.4. The van der Waals surface area contributed by atoms with Gasteiger partial charge in [0.15, 0.2) is 0 Å². The van der Waals surface area contributed by atoms with Crippen LogP contribution in [-0.4, -0.2) is 68.9 Å². The molecule has 0 aromatic heterocycles. The van der Waals surface area contributed by atoms with Gasteiger partial charge in [0.25, 0.3) is 0 Å². The van der Waals surface area contributed by atoms with Crippen molar-refractivity contribution in [3.8, 4) is 0 Å². The Morgan fingerprint density at radius 1 is 1.09 bits per heavy atom. The van der Waals surface area contributed by atoms with Gasteiger partial charge in [-0.15, -0.1) is 0 Å². The number of rotatable bonds is 9. The predicted molar refractivity (Wildman–Crippen MR) is 90.1 cm³/mol. The zero-order valence-corrected chi connectivity index (χ0v) is 14.0. The molecule has 1 atom stereocenters. The fourth-order valence-electron chi connectivity index (χ4n) is 2.93. The lowest BCUT2D eigenvalue weighted by atomic mass is 10.2. The highest BCUT2D eigenvalue weighted by atomic mass is 16.5. The fourth-order valence-corrected chi connectivity index (χ4v) is 2.93. The van der Waals surface area contributed by atoms with Gasteiger partial charge in [-0.05, 0) is 18.9 Å². The van der Waals surface area contributed by atoms with E-state index in [1.807, 2.05) is 6.07 Å². The van der Waals surface area contributed by atoms with Crippen molar-refractivity contribution in [3.05, 3.63) is 35.9 Å². The molecule has 0 amide bonds. The van der Waals surface area contributed by atoms with Crippen LogP contribution in [0.25, 0.3) is 0 Å². The van der Waals surface area contributed by atoms with Crippen molar-refractivity contribution in [3.63, 3.8) is 0 Å². The molecule has 0 saturated carbocycles. The maximum Gasteiger partial charge on any atom is 0.0716 e. The van der Waals surface area contributed by atoms with Crippen LogP contribution < -0.4 is 0 Å². The number of hydrogen-bond acceptors (Lipinski definition) is 4. The average Bonchev–Trinajstić information content (AvgIpc) is 2.56. The summed E-state index contributed by atoms with van der Waals surface area (Å²) in [6, 6.07) is 10.9. The third-order valence-corrected chi connectivity index (χ3v) is 4.31. The summed E-state index contributed by atoms with van der Waals surface area (Å²) >= 11 is 0. The van der Waals surface area contributed by atoms with E-state index in [-0.39, 0.29) is 0 Å². The first-order valence-electron chi connectivity index (χ1n) is 8.36. The summed E-state index contributed by atoms with van der Waals surface area (Å²) in [5.41, 5.74) is 1.25. The zero-order chi connectivity index (χ0) is 15.6. The van der Waals surface area contributed by atoms with Gasteiger partial charge in [0, 0.05) is 52.5 Å². The Morgan fingerprint density at radius 3 is 2.50 bits per heavy atom. The van der Waals surface area contributed by atoms with Crippen molar-refractivity contribution in [2.75, 3.05) is 53.0 Å². The van der Waals surface area contributed by atoms with Gasteiger partial charge in [-0.2, -0.15) is 0 Å². The second-order valence-electron chi connectivity index (χ2n) is 6.07. The van der Waals surface area contributed by atoms with Gasteiger partial charge < -0.3 is 14.4 Å². The van der Waals surface area contributed by atoms with Crippen LogP contribution in [0.4, 0.5) is 0 Å². The number of piperazine rings is 1. The quantitative estimate of drug-likeness (QED) is 0.653. The normalized spacial score (nSPS) is 18.5. The van der Waals surface area contributed by atoms with E-state index in [0.29, 0.717) is 6.04 Å². The molecular formula is C18H30N2O2. The molecule has 2 rings (SSSR count). The van der Waals surface area contributed by atoms with E-state index in [1.165, 1.54) is 5.56 Å². The lowest BCUT2D eigenvalue weighted by molar-refractivity contribution is 0.0511. The van der Waals surface area contributed by atoms with E-state index < -0.39 is 0 Å². The highest BCUT2D eigenvalue weighted by molar-refractivity contribution is 5.13. The minimum Gasteiger partial charge on any atom is -0.383 e. The molecule has 4 nitrogen and oxygen atoms in total. The molecule has 0 bridgehead atoms. The molecule has 1 aliphatic rings. The van der Waals surface area contributed by atoms with Crippen molar-refractivity contribution in [1.29, 1.82) is 0 Å². The third kappa shape index (κ3) is 6.05. The molecule has 0 radical (unpaired) electrons. The van der Waals surface area contributed by atoms with E-state index in [4.69, 9.17) is 9.47 Å². The van der Waals surface area contributed by atoms with Crippen LogP contribution in [0.2, 0.25) is 0 Å². The zero-order valence-electron chi connectivity index (χ0n) is 14.0. The Morgan fingerprint density at radius 2 is 1.82 bits per heavy atom. The van der Waals surface area contributed by atoms with Gasteiger partial charge in [0.05, 0.1) is 13.2 Å². The highest BCUT2D eigenvalue weighted by Crippen LogP contribution is 2.07. The highest BCUT2D eigenvalue weighted by Gasteiger charge is 2.20. The van der Waals surface area contributed by atoms with E-state index in [9.17, 15) is 0 Å². The van der Waals surface area contributed by atoms with Gasteiger partial charge >= 0.3 is 0 Å². The van der Waals surface area contributed by atoms with Crippen LogP contribution in [0.15, 0.2) is 30.3 Å². The van der Waals surface area contributed by atoms with E-state index in [1.54, 1.807) is 7.11 Å². The molecule has 1 saturated heterocycles. The standard InChI is InChI=1S/C18H30N2O2/c1-17(15-21-2)20-12-10-19(11-13-20)9-6-14-22-16-18-7-4-3-5-8-18/h3-5,7-8,17H,6,9-16H2,1-2H3/t17-/m0/s1. The summed E-state index contributed by atoms with van der Waals surface area (Å²) in [5.74, 6) is 0. The number of nitrogens with zero attached hydrogens (tertiary/aromatic N) is 2. The van der Waals surface area contributed by atoms with Crippen LogP contribution in [0.3, 0.4) is 0 Å². The first-order chi connectivity index (χ1) is 10.8. The molecule has 0 N–H and O–H groups in total. The van der Waals surface area contributed by atoms with Crippen LogP contribution in [-0.2, 0) is 16.1 Å².